The number of likely N-dealkylation sites (tertiary alicyclic amines) is 1. The van der Waals surface area contributed by atoms with E-state index in [9.17, 15) is 14.0 Å². The van der Waals surface area contributed by atoms with Gasteiger partial charge in [-0.2, -0.15) is 0 Å². The molecule has 0 radical (unpaired) electrons. The first kappa shape index (κ1) is 20.4. The summed E-state index contributed by atoms with van der Waals surface area (Å²) in [4.78, 5) is 26.3. The summed E-state index contributed by atoms with van der Waals surface area (Å²) in [5, 5.41) is 2.79. The Kier molecular flexibility index (Phi) is 7.63. The van der Waals surface area contributed by atoms with Gasteiger partial charge in [0, 0.05) is 30.7 Å². The van der Waals surface area contributed by atoms with Gasteiger partial charge in [-0.1, -0.05) is 6.92 Å². The lowest BCUT2D eigenvalue weighted by Gasteiger charge is -2.33. The van der Waals surface area contributed by atoms with Crippen molar-refractivity contribution in [3.05, 3.63) is 30.1 Å². The zero-order chi connectivity index (χ0) is 17.0. The predicted molar refractivity (Wildman–Crippen MR) is 94.4 cm³/mol. The van der Waals surface area contributed by atoms with Gasteiger partial charge >= 0.3 is 0 Å². The normalized spacial score (nSPS) is 17.6. The highest BCUT2D eigenvalue weighted by Gasteiger charge is 2.30. The van der Waals surface area contributed by atoms with Crippen LogP contribution in [0.3, 0.4) is 0 Å². The fourth-order valence-corrected chi connectivity index (χ4v) is 2.65. The van der Waals surface area contributed by atoms with Crippen molar-refractivity contribution in [3.8, 4) is 0 Å². The molecule has 2 rings (SSSR count). The lowest BCUT2D eigenvalue weighted by atomic mass is 9.94. The number of piperidine rings is 1. The van der Waals surface area contributed by atoms with E-state index in [1.54, 1.807) is 4.90 Å². The molecule has 1 aromatic carbocycles. The van der Waals surface area contributed by atoms with Crippen LogP contribution in [0.4, 0.5) is 10.1 Å². The minimum Gasteiger partial charge on any atom is -0.342 e. The summed E-state index contributed by atoms with van der Waals surface area (Å²) in [6, 6.07) is 5.52. The molecule has 1 fully saturated rings. The third-order valence-electron chi connectivity index (χ3n) is 4.47. The molecule has 134 valence electrons. The van der Waals surface area contributed by atoms with E-state index in [-0.39, 0.29) is 47.9 Å². The van der Waals surface area contributed by atoms with Crippen LogP contribution in [0.5, 0.6) is 0 Å². The molecule has 1 aromatic rings. The van der Waals surface area contributed by atoms with Crippen LogP contribution in [-0.4, -0.2) is 35.8 Å². The van der Waals surface area contributed by atoms with Crippen molar-refractivity contribution in [1.82, 2.24) is 4.90 Å². The van der Waals surface area contributed by atoms with E-state index >= 15 is 0 Å². The van der Waals surface area contributed by atoms with Crippen molar-refractivity contribution in [2.24, 2.45) is 17.6 Å². The van der Waals surface area contributed by atoms with Crippen molar-refractivity contribution in [1.29, 1.82) is 0 Å². The number of nitrogens with one attached hydrogen (secondary N) is 1. The summed E-state index contributed by atoms with van der Waals surface area (Å²) in [6.07, 6.45) is 1.26. The second kappa shape index (κ2) is 8.99. The van der Waals surface area contributed by atoms with E-state index in [1.165, 1.54) is 24.3 Å². The lowest BCUT2D eigenvalue weighted by molar-refractivity contribution is -0.138. The molecule has 2 unspecified atom stereocenters. The largest absolute Gasteiger partial charge is 0.342 e. The summed E-state index contributed by atoms with van der Waals surface area (Å²) in [5.74, 6) is -0.700. The maximum Gasteiger partial charge on any atom is 0.227 e. The number of nitrogens with zero attached hydrogens (tertiary/aromatic N) is 1. The van der Waals surface area contributed by atoms with Gasteiger partial charge in [0.2, 0.25) is 11.8 Å². The molecule has 1 aliphatic heterocycles. The lowest BCUT2D eigenvalue weighted by Crippen LogP contribution is -2.46. The first-order valence-corrected chi connectivity index (χ1v) is 7.99. The van der Waals surface area contributed by atoms with Crippen LogP contribution in [0.15, 0.2) is 24.3 Å². The van der Waals surface area contributed by atoms with Crippen LogP contribution in [0.1, 0.15) is 26.7 Å². The van der Waals surface area contributed by atoms with E-state index in [2.05, 4.69) is 5.32 Å². The number of hydrogen-bond donors (Lipinski definition) is 2. The van der Waals surface area contributed by atoms with Crippen LogP contribution in [0.2, 0.25) is 0 Å². The van der Waals surface area contributed by atoms with E-state index < -0.39 is 0 Å². The van der Waals surface area contributed by atoms with Crippen molar-refractivity contribution >= 4 is 29.9 Å². The molecule has 0 aliphatic carbocycles. The summed E-state index contributed by atoms with van der Waals surface area (Å²) >= 11 is 0. The highest BCUT2D eigenvalue weighted by molar-refractivity contribution is 5.92. The Bertz CT molecular complexity index is 557. The quantitative estimate of drug-likeness (QED) is 0.868. The number of carbonyl (C=O) groups excluding carboxylic acids is 2. The number of rotatable bonds is 4. The number of halogens is 2. The minimum atomic E-state index is -0.335. The van der Waals surface area contributed by atoms with E-state index in [0.717, 1.165) is 0 Å². The van der Waals surface area contributed by atoms with Crippen LogP contribution < -0.4 is 11.1 Å². The van der Waals surface area contributed by atoms with Crippen molar-refractivity contribution in [2.45, 2.75) is 32.7 Å². The summed E-state index contributed by atoms with van der Waals surface area (Å²) in [5.41, 5.74) is 6.36. The molecular weight excluding hydrogens is 333 g/mol. The van der Waals surface area contributed by atoms with Crippen LogP contribution in [0, 0.1) is 17.7 Å². The van der Waals surface area contributed by atoms with Crippen molar-refractivity contribution in [2.75, 3.05) is 18.4 Å². The third kappa shape index (κ3) is 5.18. The monoisotopic (exact) mass is 357 g/mol. The molecule has 5 nitrogen and oxygen atoms in total. The van der Waals surface area contributed by atoms with E-state index in [1.807, 2.05) is 13.8 Å². The summed E-state index contributed by atoms with van der Waals surface area (Å²) in [6.45, 7) is 4.79. The Morgan fingerprint density at radius 3 is 2.25 bits per heavy atom. The molecule has 3 N–H and O–H groups in total. The number of hydrogen-bond acceptors (Lipinski definition) is 3. The smallest absolute Gasteiger partial charge is 0.227 e. The average molecular weight is 358 g/mol. The molecular formula is C17H25ClFN3O2. The van der Waals surface area contributed by atoms with Gasteiger partial charge in [-0.15, -0.1) is 12.4 Å². The molecule has 1 aliphatic rings. The number of anilines is 1. The topological polar surface area (TPSA) is 75.4 Å². The van der Waals surface area contributed by atoms with Crippen molar-refractivity contribution in [3.63, 3.8) is 0 Å². The molecule has 7 heteroatoms. The molecule has 0 aromatic heterocycles. The second-order valence-corrected chi connectivity index (χ2v) is 6.24. The zero-order valence-electron chi connectivity index (χ0n) is 14.0. The Labute approximate surface area is 148 Å². The average Bonchev–Trinajstić information content (AvgIpc) is 2.55. The van der Waals surface area contributed by atoms with Gasteiger partial charge in [-0.05, 0) is 44.0 Å². The van der Waals surface area contributed by atoms with Gasteiger partial charge in [0.15, 0.2) is 0 Å². The molecule has 2 amide bonds. The Morgan fingerprint density at radius 1 is 1.21 bits per heavy atom. The maximum absolute atomic E-state index is 12.9. The van der Waals surface area contributed by atoms with Gasteiger partial charge in [0.05, 0.1) is 5.92 Å². The highest BCUT2D eigenvalue weighted by Crippen LogP contribution is 2.21. The fraction of sp³-hybridized carbons (Fsp3) is 0.529. The second-order valence-electron chi connectivity index (χ2n) is 6.24. The zero-order valence-corrected chi connectivity index (χ0v) is 14.8. The van der Waals surface area contributed by atoms with Gasteiger partial charge in [-0.25, -0.2) is 4.39 Å². The maximum atomic E-state index is 12.9. The fourth-order valence-electron chi connectivity index (χ4n) is 2.65. The van der Waals surface area contributed by atoms with Gasteiger partial charge in [0.25, 0.3) is 0 Å². The molecule has 0 bridgehead atoms. The third-order valence-corrected chi connectivity index (χ3v) is 4.47. The van der Waals surface area contributed by atoms with E-state index in [4.69, 9.17) is 5.73 Å². The SMILES string of the molecule is CC(N)C(C)C(=O)N1CCC(C(=O)Nc2ccc(F)cc2)CC1.Cl. The molecule has 0 spiro atoms. The number of amides is 2. The summed E-state index contributed by atoms with van der Waals surface area (Å²) in [7, 11) is 0. The van der Waals surface area contributed by atoms with Crippen LogP contribution in [0.25, 0.3) is 0 Å². The predicted octanol–water partition coefficient (Wildman–Crippen LogP) is 2.41. The molecule has 2 atom stereocenters. The number of carbonyl (C=O) groups is 2. The molecule has 1 saturated heterocycles. The van der Waals surface area contributed by atoms with Gasteiger partial charge in [-0.3, -0.25) is 9.59 Å². The molecule has 0 saturated carbocycles. The standard InChI is InChI=1S/C17H24FN3O2.ClH/c1-11(12(2)19)17(23)21-9-7-13(8-10-21)16(22)20-15-5-3-14(18)4-6-15;/h3-6,11-13H,7-10,19H2,1-2H3,(H,20,22);1H. The van der Waals surface area contributed by atoms with Crippen LogP contribution in [-0.2, 0) is 9.59 Å². The Balaban J connectivity index is 0.00000288. The minimum absolute atomic E-state index is 0. The first-order valence-electron chi connectivity index (χ1n) is 7.99. The number of benzene rings is 1. The Morgan fingerprint density at radius 2 is 1.75 bits per heavy atom. The molecule has 24 heavy (non-hydrogen) atoms. The van der Waals surface area contributed by atoms with Crippen molar-refractivity contribution < 1.29 is 14.0 Å². The van der Waals surface area contributed by atoms with Crippen LogP contribution >= 0.6 is 12.4 Å². The first-order chi connectivity index (χ1) is 10.9. The van der Waals surface area contributed by atoms with Gasteiger partial charge in [0.1, 0.15) is 5.82 Å². The van der Waals surface area contributed by atoms with E-state index in [0.29, 0.717) is 31.6 Å². The van der Waals surface area contributed by atoms with Gasteiger partial charge < -0.3 is 16.0 Å². The Hall–Kier alpha value is -1.66. The molecule has 1 heterocycles. The summed E-state index contributed by atoms with van der Waals surface area (Å²) < 4.78 is 12.9. The highest BCUT2D eigenvalue weighted by atomic mass is 35.5. The number of nitrogens with two attached hydrogens (primary N) is 1.